The maximum absolute atomic E-state index is 12.1. The molecular weight excluding hydrogens is 296 g/mol. The van der Waals surface area contributed by atoms with Crippen molar-refractivity contribution in [3.8, 4) is 0 Å². The summed E-state index contributed by atoms with van der Waals surface area (Å²) >= 11 is 0. The van der Waals surface area contributed by atoms with Gasteiger partial charge in [-0.25, -0.2) is 4.79 Å². The van der Waals surface area contributed by atoms with Crippen molar-refractivity contribution in [1.82, 2.24) is 19.7 Å². The van der Waals surface area contributed by atoms with Crippen LogP contribution in [0.15, 0.2) is 24.5 Å². The van der Waals surface area contributed by atoms with Crippen molar-refractivity contribution >= 4 is 11.9 Å². The highest BCUT2D eigenvalue weighted by Crippen LogP contribution is 2.15. The number of morpholine rings is 1. The number of aromatic nitrogens is 1. The predicted molar refractivity (Wildman–Crippen MR) is 83.6 cm³/mol. The van der Waals surface area contributed by atoms with Crippen LogP contribution >= 0.6 is 0 Å². The van der Waals surface area contributed by atoms with E-state index in [1.165, 1.54) is 10.5 Å². The van der Waals surface area contributed by atoms with Crippen molar-refractivity contribution in [3.05, 3.63) is 30.1 Å². The summed E-state index contributed by atoms with van der Waals surface area (Å²) in [7, 11) is 0. The average Bonchev–Trinajstić information content (AvgIpc) is 2.84. The number of hydrogen-bond acceptors (Lipinski definition) is 5. The SMILES string of the molecule is CCN1CC(=O)N(CC2CN(Cc3ccncc3)CCO2)C1=O. The van der Waals surface area contributed by atoms with E-state index in [0.29, 0.717) is 26.2 Å². The summed E-state index contributed by atoms with van der Waals surface area (Å²) < 4.78 is 5.75. The molecule has 3 rings (SSSR count). The number of nitrogens with zero attached hydrogens (tertiary/aromatic N) is 4. The fraction of sp³-hybridized carbons (Fsp3) is 0.562. The number of amides is 3. The van der Waals surface area contributed by atoms with Crippen LogP contribution in [0.25, 0.3) is 0 Å². The van der Waals surface area contributed by atoms with Crippen LogP contribution in [0.1, 0.15) is 12.5 Å². The molecule has 0 saturated carbocycles. The van der Waals surface area contributed by atoms with Gasteiger partial charge in [0, 0.05) is 38.6 Å². The molecular formula is C16H22N4O3. The maximum Gasteiger partial charge on any atom is 0.327 e. The van der Waals surface area contributed by atoms with Crippen LogP contribution in [0.3, 0.4) is 0 Å². The molecule has 1 aromatic heterocycles. The molecule has 0 N–H and O–H groups in total. The molecule has 23 heavy (non-hydrogen) atoms. The molecule has 2 fully saturated rings. The van der Waals surface area contributed by atoms with E-state index in [2.05, 4.69) is 9.88 Å². The fourth-order valence-corrected chi connectivity index (χ4v) is 3.01. The number of ether oxygens (including phenoxy) is 1. The van der Waals surface area contributed by atoms with E-state index in [4.69, 9.17) is 4.74 Å². The second-order valence-corrected chi connectivity index (χ2v) is 5.88. The quantitative estimate of drug-likeness (QED) is 0.743. The third-order valence-corrected chi connectivity index (χ3v) is 4.27. The zero-order chi connectivity index (χ0) is 16.2. The first-order chi connectivity index (χ1) is 11.2. The standard InChI is InChI=1S/C16H22N4O3/c1-2-19-12-15(21)20(16(19)22)11-14-10-18(7-8-23-14)9-13-3-5-17-6-4-13/h3-6,14H,2,7-12H2,1H3. The molecule has 0 spiro atoms. The lowest BCUT2D eigenvalue weighted by molar-refractivity contribution is -0.127. The van der Waals surface area contributed by atoms with Gasteiger partial charge in [-0.05, 0) is 24.6 Å². The van der Waals surface area contributed by atoms with Crippen molar-refractivity contribution < 1.29 is 14.3 Å². The third-order valence-electron chi connectivity index (χ3n) is 4.27. The van der Waals surface area contributed by atoms with Crippen LogP contribution in [0.2, 0.25) is 0 Å². The lowest BCUT2D eigenvalue weighted by Gasteiger charge is -2.34. The van der Waals surface area contributed by atoms with Crippen LogP contribution in [0.5, 0.6) is 0 Å². The van der Waals surface area contributed by atoms with Crippen LogP contribution in [-0.4, -0.2) is 77.1 Å². The minimum absolute atomic E-state index is 0.129. The van der Waals surface area contributed by atoms with Gasteiger partial charge in [-0.3, -0.25) is 19.6 Å². The Hall–Kier alpha value is -1.99. The van der Waals surface area contributed by atoms with E-state index in [-0.39, 0.29) is 24.6 Å². The molecule has 0 aromatic carbocycles. The number of pyridine rings is 1. The molecule has 3 heterocycles. The van der Waals surface area contributed by atoms with Crippen LogP contribution in [0.4, 0.5) is 4.79 Å². The van der Waals surface area contributed by atoms with Gasteiger partial charge in [-0.1, -0.05) is 0 Å². The Bertz CT molecular complexity index is 566. The summed E-state index contributed by atoms with van der Waals surface area (Å²) in [6.07, 6.45) is 3.44. The Balaban J connectivity index is 1.56. The molecule has 7 nitrogen and oxygen atoms in total. The summed E-state index contributed by atoms with van der Waals surface area (Å²) in [6.45, 7) is 5.95. The lowest BCUT2D eigenvalue weighted by atomic mass is 10.2. The number of carbonyl (C=O) groups excluding carboxylic acids is 2. The highest BCUT2D eigenvalue weighted by Gasteiger charge is 2.37. The number of carbonyl (C=O) groups is 2. The summed E-state index contributed by atoms with van der Waals surface area (Å²) in [6, 6.07) is 3.79. The number of rotatable bonds is 5. The molecule has 124 valence electrons. The second-order valence-electron chi connectivity index (χ2n) is 5.88. The summed E-state index contributed by atoms with van der Waals surface area (Å²) in [5.74, 6) is -0.133. The maximum atomic E-state index is 12.1. The van der Waals surface area contributed by atoms with Gasteiger partial charge in [-0.15, -0.1) is 0 Å². The topological polar surface area (TPSA) is 66.0 Å². The molecule has 7 heteroatoms. The van der Waals surface area contributed by atoms with Gasteiger partial charge in [0.2, 0.25) is 5.91 Å². The van der Waals surface area contributed by atoms with Crippen molar-refractivity contribution in [2.24, 2.45) is 0 Å². The molecule has 0 radical (unpaired) electrons. The smallest absolute Gasteiger partial charge is 0.327 e. The van der Waals surface area contributed by atoms with Crippen molar-refractivity contribution in [2.45, 2.75) is 19.6 Å². The van der Waals surface area contributed by atoms with Crippen LogP contribution < -0.4 is 0 Å². The van der Waals surface area contributed by atoms with E-state index in [0.717, 1.165) is 13.1 Å². The Morgan fingerprint density at radius 2 is 2.09 bits per heavy atom. The van der Waals surface area contributed by atoms with Gasteiger partial charge < -0.3 is 9.64 Å². The van der Waals surface area contributed by atoms with Gasteiger partial charge in [0.05, 0.1) is 19.3 Å². The molecule has 2 aliphatic rings. The van der Waals surface area contributed by atoms with Crippen LogP contribution in [0, 0.1) is 0 Å². The van der Waals surface area contributed by atoms with Crippen molar-refractivity contribution in [2.75, 3.05) is 39.3 Å². The lowest BCUT2D eigenvalue weighted by Crippen LogP contribution is -2.48. The molecule has 2 saturated heterocycles. The highest BCUT2D eigenvalue weighted by molar-refractivity contribution is 6.02. The van der Waals surface area contributed by atoms with E-state index in [1.54, 1.807) is 17.3 Å². The van der Waals surface area contributed by atoms with Gasteiger partial charge in [0.15, 0.2) is 0 Å². The number of hydrogen-bond donors (Lipinski definition) is 0. The Morgan fingerprint density at radius 1 is 1.30 bits per heavy atom. The summed E-state index contributed by atoms with van der Waals surface area (Å²) in [5, 5.41) is 0. The Morgan fingerprint density at radius 3 is 2.78 bits per heavy atom. The monoisotopic (exact) mass is 318 g/mol. The van der Waals surface area contributed by atoms with Gasteiger partial charge in [-0.2, -0.15) is 0 Å². The fourth-order valence-electron chi connectivity index (χ4n) is 3.01. The van der Waals surface area contributed by atoms with E-state index in [9.17, 15) is 9.59 Å². The molecule has 2 aliphatic heterocycles. The zero-order valence-electron chi connectivity index (χ0n) is 13.4. The second kappa shape index (κ2) is 7.06. The van der Waals surface area contributed by atoms with Gasteiger partial charge in [0.1, 0.15) is 6.54 Å². The normalized spacial score (nSPS) is 22.9. The molecule has 3 amide bonds. The van der Waals surface area contributed by atoms with Crippen molar-refractivity contribution in [1.29, 1.82) is 0 Å². The minimum Gasteiger partial charge on any atom is -0.374 e. The van der Waals surface area contributed by atoms with E-state index in [1.807, 2.05) is 19.1 Å². The first-order valence-corrected chi connectivity index (χ1v) is 7.99. The highest BCUT2D eigenvalue weighted by atomic mass is 16.5. The number of urea groups is 1. The van der Waals surface area contributed by atoms with Crippen molar-refractivity contribution in [3.63, 3.8) is 0 Å². The number of likely N-dealkylation sites (N-methyl/N-ethyl adjacent to an activating group) is 1. The van der Waals surface area contributed by atoms with E-state index < -0.39 is 0 Å². The first kappa shape index (κ1) is 15.9. The zero-order valence-corrected chi connectivity index (χ0v) is 13.4. The minimum atomic E-state index is -0.202. The average molecular weight is 318 g/mol. The molecule has 1 unspecified atom stereocenters. The predicted octanol–water partition coefficient (Wildman–Crippen LogP) is 0.567. The Kier molecular flexibility index (Phi) is 4.88. The molecule has 1 atom stereocenters. The van der Waals surface area contributed by atoms with Gasteiger partial charge >= 0.3 is 6.03 Å². The molecule has 0 bridgehead atoms. The summed E-state index contributed by atoms with van der Waals surface area (Å²) in [5.41, 5.74) is 1.20. The summed E-state index contributed by atoms with van der Waals surface area (Å²) in [4.78, 5) is 33.3. The number of imide groups is 1. The molecule has 1 aromatic rings. The Labute approximate surface area is 135 Å². The first-order valence-electron chi connectivity index (χ1n) is 7.99. The molecule has 0 aliphatic carbocycles. The largest absolute Gasteiger partial charge is 0.374 e. The third kappa shape index (κ3) is 3.68. The van der Waals surface area contributed by atoms with Crippen LogP contribution in [-0.2, 0) is 16.1 Å². The van der Waals surface area contributed by atoms with Gasteiger partial charge in [0.25, 0.3) is 0 Å². The van der Waals surface area contributed by atoms with E-state index >= 15 is 0 Å².